The van der Waals surface area contributed by atoms with Crippen LogP contribution >= 0.6 is 0 Å². The smallest absolute Gasteiger partial charge is 0.303 e. The molecule has 19 atom stereocenters. The molecule has 445 valence electrons. The highest BCUT2D eigenvalue weighted by Gasteiger charge is 2.59. The number of rotatable bonds is 23. The average molecular weight is 1170 g/mol. The summed E-state index contributed by atoms with van der Waals surface area (Å²) in [5.41, 5.74) is 58.1. The predicted molar refractivity (Wildman–Crippen MR) is 276 cm³/mol. The highest BCUT2D eigenvalue weighted by atomic mass is 28.4. The van der Waals surface area contributed by atoms with E-state index in [9.17, 15) is 62.0 Å². The number of carbonyl (C=O) groups excluding carboxylic acids is 6. The monoisotopic (exact) mass is 1170 g/mol. The lowest BCUT2D eigenvalue weighted by Crippen LogP contribution is -2.65. The molecule has 0 N–H and O–H groups in total. The van der Waals surface area contributed by atoms with Gasteiger partial charge >= 0.3 is 35.8 Å². The molecule has 1 saturated carbocycles. The molecule has 81 heavy (non-hydrogen) atoms. The number of esters is 6. The zero-order chi connectivity index (χ0) is 58.9. The van der Waals surface area contributed by atoms with Gasteiger partial charge < -0.3 is 61.3 Å². The fourth-order valence-electron chi connectivity index (χ4n) is 8.77. The van der Waals surface area contributed by atoms with Gasteiger partial charge in [0.25, 0.3) is 0 Å². The van der Waals surface area contributed by atoms with Gasteiger partial charge in [-0.15, -0.1) is 0 Å². The summed E-state index contributed by atoms with van der Waals surface area (Å²) < 4.78 is 78.9. The third kappa shape index (κ3) is 18.6. The van der Waals surface area contributed by atoms with Crippen molar-refractivity contribution in [3.8, 4) is 0 Å². The Balaban J connectivity index is 0.0000112. The van der Waals surface area contributed by atoms with Crippen molar-refractivity contribution < 1.29 is 91.5 Å². The molecule has 0 bridgehead atoms. The molecule has 39 heteroatoms. The van der Waals surface area contributed by atoms with E-state index in [1.165, 1.54) is 0 Å². The van der Waals surface area contributed by atoms with Crippen molar-refractivity contribution in [3.05, 3.63) is 62.7 Å². The van der Waals surface area contributed by atoms with E-state index in [0.717, 1.165) is 41.5 Å². The Morgan fingerprint density at radius 3 is 1.21 bits per heavy atom. The molecular weight excluding hydrogens is 1100 g/mol. The Bertz CT molecular complexity index is 2560. The van der Waals surface area contributed by atoms with Crippen LogP contribution in [0.15, 0.2) is 30.7 Å². The zero-order valence-electron chi connectivity index (χ0n) is 45.2. The van der Waals surface area contributed by atoms with Gasteiger partial charge in [-0.25, -0.2) is 0 Å². The first-order chi connectivity index (χ1) is 37.2. The first-order valence-corrected chi connectivity index (χ1v) is 26.9. The van der Waals surface area contributed by atoms with Crippen LogP contribution in [0.25, 0.3) is 62.7 Å². The number of azide groups is 6. The van der Waals surface area contributed by atoms with Gasteiger partial charge in [-0.2, -0.15) is 0 Å². The molecule has 4 rings (SSSR count). The Morgan fingerprint density at radius 2 is 0.827 bits per heavy atom. The van der Waals surface area contributed by atoms with E-state index in [4.69, 9.17) is 61.3 Å². The fourth-order valence-corrected chi connectivity index (χ4v) is 9.78. The molecule has 3 saturated heterocycles. The Labute approximate surface area is 466 Å². The standard InChI is InChI=1S/C41H60N18O19Si.CH4.B.H2/c1-16(60)67-29-22(50-56-44)12-23(51-57-45)30(76-38-27(52-58-46)34(70-19(4)63)31(68-17(2)61)24(73-38)13-48-54-42)36(29)78-40-37(72-21(6)65)33(26(75-40)15-66-79(10,11)41(7,8)9)77-39-28(53-59-47)35(71-20(5)64)32(69-18(3)62)25(74-39)14-49-55-43;;;/h22-40H,12-15H2,1-11H3;1H4;;1H/t22-,23?,24?,25+,26-,27?,28?,29?,30-,31-,32-,33+,34-,35?,36-,37?,38-,39-,40+;;;/m1.../s1/i;;;1+1. The van der Waals surface area contributed by atoms with Crippen molar-refractivity contribution in [1.82, 2.24) is 0 Å². The topological polar surface area (TPSA) is 515 Å². The second-order valence-corrected chi connectivity index (χ2v) is 24.3. The second kappa shape index (κ2) is 31.6. The number of hydrogen-bond donors (Lipinski definition) is 0. The lowest BCUT2D eigenvalue weighted by Gasteiger charge is -2.48. The van der Waals surface area contributed by atoms with Gasteiger partial charge in [0.05, 0.1) is 37.9 Å². The molecule has 4 aliphatic rings. The van der Waals surface area contributed by atoms with E-state index in [1.807, 2.05) is 33.9 Å². The summed E-state index contributed by atoms with van der Waals surface area (Å²) in [5.74, 6) is -5.79. The minimum Gasteiger partial charge on any atom is -0.459 e. The molecule has 0 aromatic carbocycles. The van der Waals surface area contributed by atoms with E-state index in [-0.39, 0.29) is 23.9 Å². The first kappa shape index (κ1) is 69.8. The molecule has 0 spiro atoms. The summed E-state index contributed by atoms with van der Waals surface area (Å²) in [6, 6.07) is -6.56. The maximum Gasteiger partial charge on any atom is 0.303 e. The number of ether oxygens (including phenoxy) is 12. The summed E-state index contributed by atoms with van der Waals surface area (Å²) in [7, 11) is -2.78. The van der Waals surface area contributed by atoms with Gasteiger partial charge in [0, 0.05) is 80.9 Å². The Kier molecular flexibility index (Phi) is 27.2. The average Bonchev–Trinajstić information content (AvgIpc) is 3.65. The van der Waals surface area contributed by atoms with Crippen LogP contribution in [0.2, 0.25) is 18.1 Å². The van der Waals surface area contributed by atoms with Crippen molar-refractivity contribution in [2.45, 2.75) is 211 Å². The molecule has 0 aromatic heterocycles. The normalized spacial score (nSPS) is 32.3. The summed E-state index contributed by atoms with van der Waals surface area (Å²) in [6.07, 6.45) is -26.3. The van der Waals surface area contributed by atoms with Crippen LogP contribution in [0.5, 0.6) is 0 Å². The van der Waals surface area contributed by atoms with E-state index in [2.05, 4.69) is 60.2 Å². The molecule has 0 aromatic rings. The van der Waals surface area contributed by atoms with Gasteiger partial charge in [-0.3, -0.25) is 28.8 Å². The predicted octanol–water partition coefficient (Wildman–Crippen LogP) is 6.17. The lowest BCUT2D eigenvalue weighted by atomic mass is 9.83. The van der Waals surface area contributed by atoms with E-state index in [1.54, 1.807) is 0 Å². The molecule has 4 fully saturated rings. The lowest BCUT2D eigenvalue weighted by molar-refractivity contribution is -0.309. The number of hydrogen-bond acceptors (Lipinski definition) is 25. The van der Waals surface area contributed by atoms with Crippen molar-refractivity contribution in [3.63, 3.8) is 0 Å². The van der Waals surface area contributed by atoms with Gasteiger partial charge in [0.2, 0.25) is 0 Å². The van der Waals surface area contributed by atoms with Crippen LogP contribution < -0.4 is 0 Å². The summed E-state index contributed by atoms with van der Waals surface area (Å²) in [4.78, 5) is 93.4. The molecule has 3 radical (unpaired) electrons. The summed E-state index contributed by atoms with van der Waals surface area (Å²) in [6.45, 7) is 14.0. The number of carbonyl (C=O) groups is 6. The van der Waals surface area contributed by atoms with Crippen LogP contribution in [0.1, 0.15) is 77.6 Å². The fraction of sp³-hybridized carbons (Fsp3) is 0.857. The summed E-state index contributed by atoms with van der Waals surface area (Å²) in [5, 5.41) is 21.8. The van der Waals surface area contributed by atoms with Crippen molar-refractivity contribution in [2.24, 2.45) is 30.7 Å². The highest BCUT2D eigenvalue weighted by Crippen LogP contribution is 2.42. The van der Waals surface area contributed by atoms with Gasteiger partial charge in [0.15, 0.2) is 57.7 Å². The largest absolute Gasteiger partial charge is 0.459 e. The molecular formula is C42H66BN18O19Si. The second-order valence-electron chi connectivity index (χ2n) is 19.4. The molecule has 1 aliphatic carbocycles. The molecule has 3 aliphatic heterocycles. The summed E-state index contributed by atoms with van der Waals surface area (Å²) >= 11 is 0. The maximum absolute atomic E-state index is 13.3. The van der Waals surface area contributed by atoms with Crippen LogP contribution in [0.4, 0.5) is 0 Å². The Morgan fingerprint density at radius 1 is 0.481 bits per heavy atom. The van der Waals surface area contributed by atoms with Gasteiger partial charge in [-0.1, -0.05) is 58.9 Å². The van der Waals surface area contributed by atoms with Crippen LogP contribution in [0, 0.1) is 0 Å². The Hall–Kier alpha value is -7.32. The molecule has 37 nitrogen and oxygen atoms in total. The van der Waals surface area contributed by atoms with Crippen molar-refractivity contribution in [2.75, 3.05) is 19.7 Å². The van der Waals surface area contributed by atoms with Crippen LogP contribution in [0.3, 0.4) is 0 Å². The van der Waals surface area contributed by atoms with Crippen molar-refractivity contribution in [1.29, 1.82) is 0 Å². The van der Waals surface area contributed by atoms with Crippen LogP contribution in [-0.2, 0) is 90.0 Å². The highest BCUT2D eigenvalue weighted by molar-refractivity contribution is 6.74. The minimum atomic E-state index is -2.78. The van der Waals surface area contributed by atoms with Crippen LogP contribution in [-0.4, -0.2) is 189 Å². The third-order valence-corrected chi connectivity index (χ3v) is 17.4. The maximum atomic E-state index is 13.3. The zero-order valence-corrected chi connectivity index (χ0v) is 46.2. The first-order valence-electron chi connectivity index (χ1n) is 24.0. The van der Waals surface area contributed by atoms with E-state index < -0.39 is 185 Å². The SMILES string of the molecule is C.CC(=O)OC1[C@H](O[C@@H]2C(OC(C)=O)[C@H](N=[N+]=[N-])CC(N=[N+]=[N-])[C@H]2O[C@H]2OC(CN=[N+]=[N-])[C@@H](OC(C)=O)[C@H](OC(C)=O)C2N=[N+]=[N-])O[C@H](CO[Si](C)(C)C(C)(C)C)[C@@H]1O[C@H]1O[C@@H](CN=[N+]=[N-])[C@@H](OC(C)=O)C(OC(C)=O)C1N=[N+]=[N-].[2HH].[B]. The van der Waals surface area contributed by atoms with Gasteiger partial charge in [0.1, 0.15) is 48.7 Å². The van der Waals surface area contributed by atoms with Gasteiger partial charge in [-0.05, 0) is 57.7 Å². The number of nitrogens with zero attached hydrogens (tertiary/aromatic N) is 18. The molecule has 7 unspecified atom stereocenters. The third-order valence-electron chi connectivity index (χ3n) is 12.9. The van der Waals surface area contributed by atoms with E-state index in [0.29, 0.717) is 0 Å². The quantitative estimate of drug-likeness (QED) is 0.0275. The van der Waals surface area contributed by atoms with Crippen molar-refractivity contribution >= 4 is 52.5 Å². The van der Waals surface area contributed by atoms with E-state index >= 15 is 0 Å². The molecule has 0 amide bonds. The minimum absolute atomic E-state index is 0. The molecule has 3 heterocycles.